The van der Waals surface area contributed by atoms with Crippen molar-refractivity contribution in [2.75, 3.05) is 0 Å². The van der Waals surface area contributed by atoms with Gasteiger partial charge in [-0.3, -0.25) is 4.79 Å². The number of nitrogens with one attached hydrogen (secondary N) is 1. The summed E-state index contributed by atoms with van der Waals surface area (Å²) < 4.78 is 0. The highest BCUT2D eigenvalue weighted by Gasteiger charge is 2.46. The summed E-state index contributed by atoms with van der Waals surface area (Å²) in [6.45, 7) is 2.16. The molecule has 2 aliphatic carbocycles. The molecule has 0 heterocycles. The third-order valence-corrected chi connectivity index (χ3v) is 4.22. The SMILES string of the molecule is CCC(NC(=O)C1(N)CC1)C1CCCCC1. The van der Waals surface area contributed by atoms with Gasteiger partial charge >= 0.3 is 0 Å². The van der Waals surface area contributed by atoms with Crippen LogP contribution in [-0.4, -0.2) is 17.5 Å². The molecule has 1 amide bonds. The van der Waals surface area contributed by atoms with Gasteiger partial charge in [0, 0.05) is 6.04 Å². The topological polar surface area (TPSA) is 55.1 Å². The van der Waals surface area contributed by atoms with E-state index >= 15 is 0 Å². The first-order valence-corrected chi connectivity index (χ1v) is 6.75. The molecule has 0 spiro atoms. The molecule has 3 nitrogen and oxygen atoms in total. The van der Waals surface area contributed by atoms with Crippen LogP contribution in [0, 0.1) is 5.92 Å². The lowest BCUT2D eigenvalue weighted by molar-refractivity contribution is -0.124. The highest BCUT2D eigenvalue weighted by atomic mass is 16.2. The molecule has 0 aliphatic heterocycles. The quantitative estimate of drug-likeness (QED) is 0.767. The van der Waals surface area contributed by atoms with Crippen molar-refractivity contribution < 1.29 is 4.79 Å². The Balaban J connectivity index is 1.86. The molecule has 2 fully saturated rings. The summed E-state index contributed by atoms with van der Waals surface area (Å²) in [5.41, 5.74) is 5.40. The van der Waals surface area contributed by atoms with Crippen LogP contribution in [0.1, 0.15) is 58.3 Å². The fraction of sp³-hybridized carbons (Fsp3) is 0.923. The normalized spacial score (nSPS) is 26.1. The molecule has 2 aliphatic rings. The number of hydrogen-bond acceptors (Lipinski definition) is 2. The zero-order chi connectivity index (χ0) is 11.6. The van der Waals surface area contributed by atoms with Gasteiger partial charge in [0.05, 0.1) is 5.54 Å². The number of nitrogens with two attached hydrogens (primary N) is 1. The lowest BCUT2D eigenvalue weighted by Crippen LogP contribution is -2.49. The molecule has 1 atom stereocenters. The Morgan fingerprint density at radius 2 is 2.00 bits per heavy atom. The van der Waals surface area contributed by atoms with Crippen LogP contribution in [0.3, 0.4) is 0 Å². The molecular weight excluding hydrogens is 200 g/mol. The highest BCUT2D eigenvalue weighted by molar-refractivity contribution is 5.89. The van der Waals surface area contributed by atoms with Crippen LogP contribution in [0.2, 0.25) is 0 Å². The largest absolute Gasteiger partial charge is 0.352 e. The van der Waals surface area contributed by atoms with Crippen molar-refractivity contribution in [3.63, 3.8) is 0 Å². The summed E-state index contributed by atoms with van der Waals surface area (Å²) in [4.78, 5) is 11.9. The van der Waals surface area contributed by atoms with Crippen LogP contribution in [-0.2, 0) is 4.79 Å². The third kappa shape index (κ3) is 2.57. The number of carbonyl (C=O) groups is 1. The van der Waals surface area contributed by atoms with E-state index in [4.69, 9.17) is 5.73 Å². The first kappa shape index (κ1) is 11.9. The Hall–Kier alpha value is -0.570. The molecule has 3 N–H and O–H groups in total. The average molecular weight is 224 g/mol. The third-order valence-electron chi connectivity index (χ3n) is 4.22. The zero-order valence-corrected chi connectivity index (χ0v) is 10.3. The van der Waals surface area contributed by atoms with Crippen LogP contribution in [0.25, 0.3) is 0 Å². The minimum atomic E-state index is -0.512. The maximum absolute atomic E-state index is 11.9. The smallest absolute Gasteiger partial charge is 0.240 e. The van der Waals surface area contributed by atoms with Crippen LogP contribution in [0.15, 0.2) is 0 Å². The van der Waals surface area contributed by atoms with Gasteiger partial charge in [0.1, 0.15) is 0 Å². The van der Waals surface area contributed by atoms with Crippen molar-refractivity contribution >= 4 is 5.91 Å². The van der Waals surface area contributed by atoms with Gasteiger partial charge in [0.2, 0.25) is 5.91 Å². The first-order valence-electron chi connectivity index (χ1n) is 6.75. The minimum absolute atomic E-state index is 0.0879. The van der Waals surface area contributed by atoms with E-state index in [1.165, 1.54) is 32.1 Å². The molecule has 0 aromatic heterocycles. The van der Waals surface area contributed by atoms with Crippen molar-refractivity contribution in [2.45, 2.75) is 69.9 Å². The highest BCUT2D eigenvalue weighted by Crippen LogP contribution is 2.33. The van der Waals surface area contributed by atoms with Gasteiger partial charge in [0.15, 0.2) is 0 Å². The molecule has 1 unspecified atom stereocenters. The summed E-state index contributed by atoms with van der Waals surface area (Å²) in [6, 6.07) is 0.355. The molecular formula is C13H24N2O. The summed E-state index contributed by atoms with van der Waals surface area (Å²) in [7, 11) is 0. The van der Waals surface area contributed by atoms with E-state index in [1.807, 2.05) is 0 Å². The van der Waals surface area contributed by atoms with Crippen molar-refractivity contribution in [1.29, 1.82) is 0 Å². The van der Waals surface area contributed by atoms with Gasteiger partial charge in [-0.2, -0.15) is 0 Å². The summed E-state index contributed by atoms with van der Waals surface area (Å²) in [5, 5.41) is 3.17. The van der Waals surface area contributed by atoms with Crippen molar-refractivity contribution in [3.05, 3.63) is 0 Å². The van der Waals surface area contributed by atoms with Crippen LogP contribution in [0.4, 0.5) is 0 Å². The van der Waals surface area contributed by atoms with Crippen molar-refractivity contribution in [1.82, 2.24) is 5.32 Å². The molecule has 0 radical (unpaired) electrons. The van der Waals surface area contributed by atoms with E-state index in [2.05, 4.69) is 12.2 Å². The molecule has 0 bridgehead atoms. The Bertz CT molecular complexity index is 255. The lowest BCUT2D eigenvalue weighted by atomic mass is 9.83. The Morgan fingerprint density at radius 3 is 2.50 bits per heavy atom. The molecule has 16 heavy (non-hydrogen) atoms. The molecule has 3 heteroatoms. The van der Waals surface area contributed by atoms with Crippen LogP contribution >= 0.6 is 0 Å². The second-order valence-corrected chi connectivity index (χ2v) is 5.54. The molecule has 0 saturated heterocycles. The second kappa shape index (κ2) is 4.74. The van der Waals surface area contributed by atoms with Gasteiger partial charge in [-0.15, -0.1) is 0 Å². The number of amides is 1. The van der Waals surface area contributed by atoms with E-state index in [1.54, 1.807) is 0 Å². The van der Waals surface area contributed by atoms with Crippen molar-refractivity contribution in [3.8, 4) is 0 Å². The minimum Gasteiger partial charge on any atom is -0.352 e. The van der Waals surface area contributed by atoms with Crippen LogP contribution in [0.5, 0.6) is 0 Å². The van der Waals surface area contributed by atoms with E-state index in [9.17, 15) is 4.79 Å². The van der Waals surface area contributed by atoms with E-state index in [-0.39, 0.29) is 5.91 Å². The lowest BCUT2D eigenvalue weighted by Gasteiger charge is -2.31. The standard InChI is InChI=1S/C13H24N2O/c1-2-11(10-6-4-3-5-7-10)15-12(16)13(14)8-9-13/h10-11H,2-9,14H2,1H3,(H,15,16). The first-order chi connectivity index (χ1) is 7.65. The predicted molar refractivity (Wildman–Crippen MR) is 64.9 cm³/mol. The zero-order valence-electron chi connectivity index (χ0n) is 10.3. The van der Waals surface area contributed by atoms with Gasteiger partial charge in [-0.1, -0.05) is 26.2 Å². The van der Waals surface area contributed by atoms with E-state index in [0.717, 1.165) is 19.3 Å². The predicted octanol–water partition coefficient (Wildman–Crippen LogP) is 1.95. The monoisotopic (exact) mass is 224 g/mol. The molecule has 2 saturated carbocycles. The molecule has 0 aromatic carbocycles. The van der Waals surface area contributed by atoms with Crippen molar-refractivity contribution in [2.24, 2.45) is 11.7 Å². The Morgan fingerprint density at radius 1 is 1.38 bits per heavy atom. The fourth-order valence-corrected chi connectivity index (χ4v) is 2.76. The fourth-order valence-electron chi connectivity index (χ4n) is 2.76. The molecule has 2 rings (SSSR count). The van der Waals surface area contributed by atoms with Crippen LogP contribution < -0.4 is 11.1 Å². The van der Waals surface area contributed by atoms with Gasteiger partial charge in [-0.25, -0.2) is 0 Å². The van der Waals surface area contributed by atoms with Gasteiger partial charge < -0.3 is 11.1 Å². The molecule has 0 aromatic rings. The molecule has 92 valence electrons. The maximum Gasteiger partial charge on any atom is 0.240 e. The number of hydrogen-bond donors (Lipinski definition) is 2. The van der Waals surface area contributed by atoms with Gasteiger partial charge in [-0.05, 0) is 38.0 Å². The summed E-state index contributed by atoms with van der Waals surface area (Å²) in [6.07, 6.45) is 9.32. The number of carbonyl (C=O) groups excluding carboxylic acids is 1. The van der Waals surface area contributed by atoms with E-state index in [0.29, 0.717) is 12.0 Å². The van der Waals surface area contributed by atoms with E-state index < -0.39 is 5.54 Å². The number of rotatable bonds is 4. The average Bonchev–Trinajstić information content (AvgIpc) is 3.06. The Labute approximate surface area is 98.2 Å². The Kier molecular flexibility index (Phi) is 3.53. The van der Waals surface area contributed by atoms with Gasteiger partial charge in [0.25, 0.3) is 0 Å². The maximum atomic E-state index is 11.9. The second-order valence-electron chi connectivity index (χ2n) is 5.54. The summed E-state index contributed by atoms with van der Waals surface area (Å²) in [5.74, 6) is 0.773. The summed E-state index contributed by atoms with van der Waals surface area (Å²) >= 11 is 0.